The first kappa shape index (κ1) is 14.5. The van der Waals surface area contributed by atoms with E-state index in [1.807, 2.05) is 26.0 Å². The number of carbonyl (C=O) groups excluding carboxylic acids is 1. The summed E-state index contributed by atoms with van der Waals surface area (Å²) in [6.07, 6.45) is 0.953. The Hall–Kier alpha value is -1.55. The van der Waals surface area contributed by atoms with Crippen molar-refractivity contribution in [1.82, 2.24) is 5.32 Å². The number of aliphatic hydroxyl groups is 1. The average Bonchev–Trinajstić information content (AvgIpc) is 2.36. The smallest absolute Gasteiger partial charge is 0.224 e. The minimum atomic E-state index is -0.0175. The molecule has 100 valence electrons. The maximum absolute atomic E-state index is 11.7. The Balaban J connectivity index is 2.68. The predicted octanol–water partition coefficient (Wildman–Crippen LogP) is 1.35. The molecule has 0 aliphatic heterocycles. The number of hydrogen-bond acceptors (Lipinski definition) is 3. The van der Waals surface area contributed by atoms with Crippen molar-refractivity contribution in [3.8, 4) is 5.75 Å². The monoisotopic (exact) mass is 251 g/mol. The minimum Gasteiger partial charge on any atom is -0.496 e. The first-order valence-electron chi connectivity index (χ1n) is 6.10. The maximum Gasteiger partial charge on any atom is 0.224 e. The highest BCUT2D eigenvalue weighted by atomic mass is 16.5. The molecule has 4 nitrogen and oxygen atoms in total. The van der Waals surface area contributed by atoms with Gasteiger partial charge in [-0.05, 0) is 43.0 Å². The maximum atomic E-state index is 11.7. The van der Waals surface area contributed by atoms with Gasteiger partial charge in [0.05, 0.1) is 13.5 Å². The number of methoxy groups -OCH3 is 1. The van der Waals surface area contributed by atoms with Gasteiger partial charge < -0.3 is 15.2 Å². The number of aliphatic hydroxyl groups excluding tert-OH is 1. The molecule has 0 bridgehead atoms. The van der Waals surface area contributed by atoms with E-state index in [-0.39, 0.29) is 12.5 Å². The van der Waals surface area contributed by atoms with Crippen molar-refractivity contribution in [1.29, 1.82) is 0 Å². The highest BCUT2D eigenvalue weighted by Gasteiger charge is 2.09. The second-order valence-electron chi connectivity index (χ2n) is 4.28. The molecule has 0 radical (unpaired) electrons. The van der Waals surface area contributed by atoms with Crippen molar-refractivity contribution < 1.29 is 14.6 Å². The van der Waals surface area contributed by atoms with Gasteiger partial charge in [0, 0.05) is 13.2 Å². The number of rotatable bonds is 6. The summed E-state index contributed by atoms with van der Waals surface area (Å²) in [6, 6.07) is 3.81. The highest BCUT2D eigenvalue weighted by Crippen LogP contribution is 2.24. The van der Waals surface area contributed by atoms with E-state index in [0.29, 0.717) is 19.4 Å². The van der Waals surface area contributed by atoms with Crippen LogP contribution in [0.3, 0.4) is 0 Å². The summed E-state index contributed by atoms with van der Waals surface area (Å²) in [6.45, 7) is 4.60. The SMILES string of the molecule is COc1ccc(CC(=O)NCCCO)c(C)c1C. The summed E-state index contributed by atoms with van der Waals surface area (Å²) in [5, 5.41) is 11.4. The van der Waals surface area contributed by atoms with E-state index in [9.17, 15) is 4.79 Å². The van der Waals surface area contributed by atoms with Gasteiger partial charge in [0.25, 0.3) is 0 Å². The van der Waals surface area contributed by atoms with Crippen LogP contribution in [0.1, 0.15) is 23.1 Å². The molecule has 2 N–H and O–H groups in total. The van der Waals surface area contributed by atoms with Crippen LogP contribution in [0, 0.1) is 13.8 Å². The van der Waals surface area contributed by atoms with Crippen LogP contribution in [-0.4, -0.2) is 31.3 Å². The molecule has 1 rings (SSSR count). The molecule has 0 unspecified atom stereocenters. The standard InChI is InChI=1S/C14H21NO3/c1-10-11(2)13(18-3)6-5-12(10)9-14(17)15-7-4-8-16/h5-6,16H,4,7-9H2,1-3H3,(H,15,17). The minimum absolute atomic E-state index is 0.0175. The molecule has 0 aliphatic carbocycles. The van der Waals surface area contributed by atoms with Gasteiger partial charge in [-0.3, -0.25) is 4.79 Å². The van der Waals surface area contributed by atoms with Crippen molar-refractivity contribution in [3.05, 3.63) is 28.8 Å². The second-order valence-corrected chi connectivity index (χ2v) is 4.28. The Labute approximate surface area is 108 Å². The molecule has 0 saturated carbocycles. The Morgan fingerprint density at radius 3 is 2.67 bits per heavy atom. The first-order valence-corrected chi connectivity index (χ1v) is 6.10. The van der Waals surface area contributed by atoms with Gasteiger partial charge in [-0.25, -0.2) is 0 Å². The van der Waals surface area contributed by atoms with E-state index in [4.69, 9.17) is 9.84 Å². The van der Waals surface area contributed by atoms with Crippen LogP contribution >= 0.6 is 0 Å². The summed E-state index contributed by atoms with van der Waals surface area (Å²) in [7, 11) is 1.64. The predicted molar refractivity (Wildman–Crippen MR) is 70.9 cm³/mol. The molecule has 0 atom stereocenters. The molecule has 0 spiro atoms. The van der Waals surface area contributed by atoms with Gasteiger partial charge in [-0.1, -0.05) is 6.07 Å². The van der Waals surface area contributed by atoms with E-state index >= 15 is 0 Å². The molecule has 4 heteroatoms. The van der Waals surface area contributed by atoms with E-state index in [1.165, 1.54) is 0 Å². The fraction of sp³-hybridized carbons (Fsp3) is 0.500. The molecular formula is C14H21NO3. The largest absolute Gasteiger partial charge is 0.496 e. The fourth-order valence-corrected chi connectivity index (χ4v) is 1.81. The zero-order chi connectivity index (χ0) is 13.5. The number of nitrogens with one attached hydrogen (secondary N) is 1. The molecule has 0 fully saturated rings. The Morgan fingerprint density at radius 1 is 1.33 bits per heavy atom. The zero-order valence-corrected chi connectivity index (χ0v) is 11.2. The van der Waals surface area contributed by atoms with Crippen LogP contribution in [0.4, 0.5) is 0 Å². The molecule has 18 heavy (non-hydrogen) atoms. The van der Waals surface area contributed by atoms with E-state index in [1.54, 1.807) is 7.11 Å². The first-order chi connectivity index (χ1) is 8.60. The van der Waals surface area contributed by atoms with Gasteiger partial charge in [0.1, 0.15) is 5.75 Å². The van der Waals surface area contributed by atoms with Crippen LogP contribution < -0.4 is 10.1 Å². The second kappa shape index (κ2) is 7.01. The lowest BCUT2D eigenvalue weighted by Gasteiger charge is -2.12. The lowest BCUT2D eigenvalue weighted by atomic mass is 10.00. The van der Waals surface area contributed by atoms with Crippen LogP contribution in [0.15, 0.2) is 12.1 Å². The van der Waals surface area contributed by atoms with E-state index in [2.05, 4.69) is 5.32 Å². The van der Waals surface area contributed by atoms with Crippen LogP contribution in [0.25, 0.3) is 0 Å². The third kappa shape index (κ3) is 3.74. The summed E-state index contributed by atoms with van der Waals surface area (Å²) < 4.78 is 5.24. The number of benzene rings is 1. The normalized spacial score (nSPS) is 10.2. The molecule has 0 saturated heterocycles. The molecule has 0 aliphatic rings. The molecule has 1 aromatic carbocycles. The highest BCUT2D eigenvalue weighted by molar-refractivity contribution is 5.79. The van der Waals surface area contributed by atoms with Crippen LogP contribution in [0.2, 0.25) is 0 Å². The van der Waals surface area contributed by atoms with E-state index < -0.39 is 0 Å². The summed E-state index contributed by atoms with van der Waals surface area (Å²) >= 11 is 0. The van der Waals surface area contributed by atoms with Crippen molar-refractivity contribution in [2.24, 2.45) is 0 Å². The summed E-state index contributed by atoms with van der Waals surface area (Å²) in [4.78, 5) is 11.7. The molecular weight excluding hydrogens is 230 g/mol. The Morgan fingerprint density at radius 2 is 2.06 bits per heavy atom. The lowest BCUT2D eigenvalue weighted by Crippen LogP contribution is -2.26. The van der Waals surface area contributed by atoms with Gasteiger partial charge in [0.2, 0.25) is 5.91 Å². The van der Waals surface area contributed by atoms with Gasteiger partial charge in [-0.2, -0.15) is 0 Å². The Kier molecular flexibility index (Phi) is 5.65. The number of amides is 1. The molecule has 1 aromatic rings. The molecule has 0 aromatic heterocycles. The van der Waals surface area contributed by atoms with Crippen LogP contribution in [0.5, 0.6) is 5.75 Å². The summed E-state index contributed by atoms with van der Waals surface area (Å²) in [5.41, 5.74) is 3.17. The quantitative estimate of drug-likeness (QED) is 0.750. The Bertz CT molecular complexity index is 416. The van der Waals surface area contributed by atoms with Crippen molar-refractivity contribution in [2.45, 2.75) is 26.7 Å². The summed E-state index contributed by atoms with van der Waals surface area (Å²) in [5.74, 6) is 0.827. The topological polar surface area (TPSA) is 58.6 Å². The zero-order valence-electron chi connectivity index (χ0n) is 11.2. The average molecular weight is 251 g/mol. The lowest BCUT2D eigenvalue weighted by molar-refractivity contribution is -0.120. The molecule has 1 amide bonds. The van der Waals surface area contributed by atoms with Crippen LogP contribution in [-0.2, 0) is 11.2 Å². The third-order valence-electron chi connectivity index (χ3n) is 3.08. The van der Waals surface area contributed by atoms with Crippen molar-refractivity contribution in [3.63, 3.8) is 0 Å². The number of ether oxygens (including phenoxy) is 1. The fourth-order valence-electron chi connectivity index (χ4n) is 1.81. The van der Waals surface area contributed by atoms with Crippen molar-refractivity contribution in [2.75, 3.05) is 20.3 Å². The number of carbonyl (C=O) groups is 1. The number of hydrogen-bond donors (Lipinski definition) is 2. The third-order valence-corrected chi connectivity index (χ3v) is 3.08. The van der Waals surface area contributed by atoms with Gasteiger partial charge in [0.15, 0.2) is 0 Å². The van der Waals surface area contributed by atoms with Gasteiger partial charge >= 0.3 is 0 Å². The van der Waals surface area contributed by atoms with E-state index in [0.717, 1.165) is 22.4 Å². The van der Waals surface area contributed by atoms with Crippen molar-refractivity contribution >= 4 is 5.91 Å². The molecule has 0 heterocycles. The van der Waals surface area contributed by atoms with Gasteiger partial charge in [-0.15, -0.1) is 0 Å².